The van der Waals surface area contributed by atoms with Crippen molar-refractivity contribution in [1.82, 2.24) is 0 Å². The molecule has 2 aromatic carbocycles. The molecule has 3 rings (SSSR count). The molecular formula is C19H22ClFN4O2. The first-order valence-corrected chi connectivity index (χ1v) is 8.54. The van der Waals surface area contributed by atoms with Crippen molar-refractivity contribution in [2.75, 3.05) is 25.7 Å². The lowest BCUT2D eigenvalue weighted by molar-refractivity contribution is -0.0960. The third kappa shape index (κ3) is 4.82. The molecule has 0 radical (unpaired) electrons. The fourth-order valence-corrected chi connectivity index (χ4v) is 2.98. The van der Waals surface area contributed by atoms with Gasteiger partial charge in [0.2, 0.25) is 0 Å². The zero-order valence-electron chi connectivity index (χ0n) is 15.4. The van der Waals surface area contributed by atoms with E-state index in [1.807, 2.05) is 42.5 Å². The van der Waals surface area contributed by atoms with Gasteiger partial charge in [-0.15, -0.1) is 0 Å². The van der Waals surface area contributed by atoms with E-state index in [0.717, 1.165) is 35.4 Å². The molecule has 3 N–H and O–H groups in total. The van der Waals surface area contributed by atoms with Gasteiger partial charge in [-0.05, 0) is 41.8 Å². The summed E-state index contributed by atoms with van der Waals surface area (Å²) in [6.45, 7) is 2.12. The number of hydrogen-bond donors (Lipinski definition) is 2. The first kappa shape index (κ1) is 20.8. The van der Waals surface area contributed by atoms with Gasteiger partial charge in [0.05, 0.1) is 38.0 Å². The van der Waals surface area contributed by atoms with Gasteiger partial charge in [0.25, 0.3) is 0 Å². The van der Waals surface area contributed by atoms with Gasteiger partial charge in [-0.3, -0.25) is 10.4 Å². The number of nitrogens with zero attached hydrogens (tertiary/aromatic N) is 2. The van der Waals surface area contributed by atoms with Crippen molar-refractivity contribution in [3.05, 3.63) is 58.6 Å². The summed E-state index contributed by atoms with van der Waals surface area (Å²) in [6, 6.07) is 13.3. The van der Waals surface area contributed by atoms with Crippen LogP contribution in [0.15, 0.2) is 47.5 Å². The van der Waals surface area contributed by atoms with Gasteiger partial charge < -0.3 is 15.4 Å². The van der Waals surface area contributed by atoms with Gasteiger partial charge in [-0.2, -0.15) is 4.94 Å². The van der Waals surface area contributed by atoms with Crippen LogP contribution in [0.4, 0.5) is 10.2 Å². The molecule has 2 aromatic rings. The van der Waals surface area contributed by atoms with Crippen LogP contribution in [-0.4, -0.2) is 38.5 Å². The smallest absolute Gasteiger partial charge is 0.119 e. The molecule has 1 atom stereocenters. The van der Waals surface area contributed by atoms with E-state index in [1.165, 1.54) is 0 Å². The molecule has 144 valence electrons. The second kappa shape index (κ2) is 9.45. The molecule has 6 nitrogen and oxygen atoms in total. The SMILES string of the molecule is COF.COc1ccc2c(c1)C(c1ccc(Cl)cc1)=NCC(N)N2C(C)=N. The molecule has 0 spiro atoms. The number of amidine groups is 1. The van der Waals surface area contributed by atoms with Gasteiger partial charge in [0.1, 0.15) is 11.9 Å². The van der Waals surface area contributed by atoms with Crippen molar-refractivity contribution in [3.8, 4) is 5.75 Å². The molecule has 0 aliphatic carbocycles. The Bertz CT molecular complexity index is 827. The maximum atomic E-state index is 9.79. The summed E-state index contributed by atoms with van der Waals surface area (Å²) >= 11 is 6.00. The van der Waals surface area contributed by atoms with Crippen LogP contribution in [0.2, 0.25) is 5.02 Å². The predicted octanol–water partition coefficient (Wildman–Crippen LogP) is 3.81. The summed E-state index contributed by atoms with van der Waals surface area (Å²) in [5, 5.41) is 8.76. The molecule has 1 aliphatic rings. The van der Waals surface area contributed by atoms with Crippen LogP contribution in [0.25, 0.3) is 0 Å². The van der Waals surface area contributed by atoms with Crippen LogP contribution in [0.5, 0.6) is 5.75 Å². The number of nitrogens with two attached hydrogens (primary N) is 1. The summed E-state index contributed by atoms with van der Waals surface area (Å²) in [5.41, 5.74) is 9.76. The lowest BCUT2D eigenvalue weighted by atomic mass is 9.99. The predicted molar refractivity (Wildman–Crippen MR) is 107 cm³/mol. The van der Waals surface area contributed by atoms with Crippen molar-refractivity contribution >= 4 is 28.8 Å². The van der Waals surface area contributed by atoms with E-state index < -0.39 is 0 Å². The largest absolute Gasteiger partial charge is 0.497 e. The third-order valence-corrected chi connectivity index (χ3v) is 4.22. The number of nitrogens with one attached hydrogen (secondary N) is 1. The quantitative estimate of drug-likeness (QED) is 0.601. The lowest BCUT2D eigenvalue weighted by Gasteiger charge is -2.29. The van der Waals surface area contributed by atoms with Crippen LogP contribution in [0, 0.1) is 5.41 Å². The number of ether oxygens (including phenoxy) is 1. The Labute approximate surface area is 162 Å². The molecule has 0 saturated heterocycles. The maximum Gasteiger partial charge on any atom is 0.119 e. The lowest BCUT2D eigenvalue weighted by Crippen LogP contribution is -2.46. The molecule has 0 amide bonds. The molecule has 1 aliphatic heterocycles. The minimum atomic E-state index is -0.389. The van der Waals surface area contributed by atoms with Crippen molar-refractivity contribution in [2.24, 2.45) is 10.7 Å². The van der Waals surface area contributed by atoms with Gasteiger partial charge >= 0.3 is 0 Å². The molecular weight excluding hydrogens is 371 g/mol. The highest BCUT2D eigenvalue weighted by atomic mass is 35.5. The monoisotopic (exact) mass is 392 g/mol. The topological polar surface area (TPSA) is 83.9 Å². The van der Waals surface area contributed by atoms with Crippen LogP contribution in [-0.2, 0) is 4.94 Å². The molecule has 0 bridgehead atoms. The minimum Gasteiger partial charge on any atom is -0.497 e. The number of benzodiazepines with no additional fused rings is 1. The van der Waals surface area contributed by atoms with Crippen LogP contribution in [0.3, 0.4) is 0 Å². The number of hydrogen-bond acceptors (Lipinski definition) is 5. The van der Waals surface area contributed by atoms with E-state index in [9.17, 15) is 4.53 Å². The number of methoxy groups -OCH3 is 1. The fourth-order valence-electron chi connectivity index (χ4n) is 2.86. The van der Waals surface area contributed by atoms with Gasteiger partial charge in [-0.25, -0.2) is 0 Å². The van der Waals surface area contributed by atoms with Gasteiger partial charge in [0, 0.05) is 16.1 Å². The van der Waals surface area contributed by atoms with E-state index in [-0.39, 0.29) is 6.17 Å². The highest BCUT2D eigenvalue weighted by Gasteiger charge is 2.26. The Morgan fingerprint density at radius 2 is 1.89 bits per heavy atom. The highest BCUT2D eigenvalue weighted by molar-refractivity contribution is 6.30. The summed E-state index contributed by atoms with van der Waals surface area (Å²) in [5.74, 6) is 1.11. The average Bonchev–Trinajstić information content (AvgIpc) is 2.78. The Morgan fingerprint density at radius 1 is 1.26 bits per heavy atom. The standard InChI is InChI=1S/C18H19ClN4O.CH3FO/c1-11(20)23-16-8-7-14(24-2)9-15(16)18(22-10-17(23)21)12-3-5-13(19)6-4-12;1-3-2/h3-9,17,20H,10,21H2,1-2H3;1H3. The average molecular weight is 393 g/mol. The van der Waals surface area contributed by atoms with E-state index in [2.05, 4.69) is 4.94 Å². The molecule has 1 unspecified atom stereocenters. The summed E-state index contributed by atoms with van der Waals surface area (Å²) in [7, 11) is 2.59. The fraction of sp³-hybridized carbons (Fsp3) is 0.263. The molecule has 0 aromatic heterocycles. The number of rotatable bonds is 2. The Hall–Kier alpha value is -2.48. The normalized spacial score (nSPS) is 15.7. The zero-order valence-corrected chi connectivity index (χ0v) is 16.1. The van der Waals surface area contributed by atoms with Crippen molar-refractivity contribution < 1.29 is 14.2 Å². The zero-order chi connectivity index (χ0) is 20.0. The highest BCUT2D eigenvalue weighted by Crippen LogP contribution is 2.31. The van der Waals surface area contributed by atoms with E-state index in [1.54, 1.807) is 18.9 Å². The molecule has 27 heavy (non-hydrogen) atoms. The van der Waals surface area contributed by atoms with Gasteiger partial charge in [-0.1, -0.05) is 23.7 Å². The molecule has 1 heterocycles. The Morgan fingerprint density at radius 3 is 2.44 bits per heavy atom. The van der Waals surface area contributed by atoms with E-state index >= 15 is 0 Å². The molecule has 8 heteroatoms. The number of anilines is 1. The first-order chi connectivity index (χ1) is 12.9. The van der Waals surface area contributed by atoms with Gasteiger partial charge in [0.15, 0.2) is 0 Å². The molecule has 0 saturated carbocycles. The van der Waals surface area contributed by atoms with Crippen molar-refractivity contribution in [2.45, 2.75) is 13.1 Å². The summed E-state index contributed by atoms with van der Waals surface area (Å²) < 4.78 is 15.2. The number of benzene rings is 2. The third-order valence-electron chi connectivity index (χ3n) is 3.97. The second-order valence-corrected chi connectivity index (χ2v) is 6.19. The maximum absolute atomic E-state index is 9.79. The van der Waals surface area contributed by atoms with Crippen molar-refractivity contribution in [3.63, 3.8) is 0 Å². The number of aliphatic imine (C=N–C) groups is 1. The Kier molecular flexibility index (Phi) is 7.29. The van der Waals surface area contributed by atoms with Crippen LogP contribution < -0.4 is 15.4 Å². The number of fused-ring (bicyclic) bond motifs is 1. The molecule has 0 fully saturated rings. The summed E-state index contributed by atoms with van der Waals surface area (Å²) in [6.07, 6.45) is -0.389. The van der Waals surface area contributed by atoms with Crippen LogP contribution >= 0.6 is 11.6 Å². The Balaban J connectivity index is 0.000000817. The van der Waals surface area contributed by atoms with Crippen LogP contribution in [0.1, 0.15) is 18.1 Å². The van der Waals surface area contributed by atoms with E-state index in [0.29, 0.717) is 17.4 Å². The number of halogens is 2. The minimum absolute atomic E-state index is 0.376. The van der Waals surface area contributed by atoms with Crippen molar-refractivity contribution in [1.29, 1.82) is 5.41 Å². The first-order valence-electron chi connectivity index (χ1n) is 8.16. The van der Waals surface area contributed by atoms with E-state index in [4.69, 9.17) is 32.5 Å². The summed E-state index contributed by atoms with van der Waals surface area (Å²) in [4.78, 5) is 9.25. The second-order valence-electron chi connectivity index (χ2n) is 5.76.